The van der Waals surface area contributed by atoms with Gasteiger partial charge in [0, 0.05) is 0 Å². The number of hydrogen-bond acceptors (Lipinski definition) is 2. The zero-order valence-electron chi connectivity index (χ0n) is 6.63. The van der Waals surface area contributed by atoms with Crippen molar-refractivity contribution in [3.63, 3.8) is 0 Å². The maximum absolute atomic E-state index is 11.4. The molecule has 0 fully saturated rings. The van der Waals surface area contributed by atoms with Crippen molar-refractivity contribution < 1.29 is 4.79 Å². The number of hydrogen-bond donors (Lipinski definition) is 3. The van der Waals surface area contributed by atoms with Crippen LogP contribution in [-0.4, -0.2) is 11.0 Å². The number of benzene rings is 1. The van der Waals surface area contributed by atoms with Gasteiger partial charge in [-0.3, -0.25) is 15.6 Å². The highest BCUT2D eigenvalue weighted by molar-refractivity contribution is 7.80. The molecular formula is C8H7N3OS. The van der Waals surface area contributed by atoms with Crippen LogP contribution in [0.2, 0.25) is 0 Å². The smallest absolute Gasteiger partial charge is 0.271 e. The molecule has 4 nitrogen and oxygen atoms in total. The molecule has 0 atom stereocenters. The van der Waals surface area contributed by atoms with Crippen molar-refractivity contribution in [2.24, 2.45) is 0 Å². The molecule has 0 bridgehead atoms. The largest absolute Gasteiger partial charge is 0.331 e. The van der Waals surface area contributed by atoms with Crippen molar-refractivity contribution >= 4 is 28.9 Å². The van der Waals surface area contributed by atoms with Gasteiger partial charge in [0.15, 0.2) is 5.11 Å². The predicted molar refractivity (Wildman–Crippen MR) is 53.3 cm³/mol. The summed E-state index contributed by atoms with van der Waals surface area (Å²) in [6, 6.07) is 7.17. The van der Waals surface area contributed by atoms with Gasteiger partial charge in [0.25, 0.3) is 5.91 Å². The van der Waals surface area contributed by atoms with Gasteiger partial charge in [0.2, 0.25) is 0 Å². The first-order chi connectivity index (χ1) is 6.27. The van der Waals surface area contributed by atoms with E-state index < -0.39 is 0 Å². The van der Waals surface area contributed by atoms with Gasteiger partial charge in [0.1, 0.15) is 0 Å². The number of para-hydroxylation sites is 1. The molecule has 1 heterocycles. The third kappa shape index (κ3) is 1.46. The quantitative estimate of drug-likeness (QED) is 0.529. The summed E-state index contributed by atoms with van der Waals surface area (Å²) in [6.07, 6.45) is 0. The summed E-state index contributed by atoms with van der Waals surface area (Å²) >= 11 is 4.88. The lowest BCUT2D eigenvalue weighted by atomic mass is 10.2. The summed E-state index contributed by atoms with van der Waals surface area (Å²) in [5.41, 5.74) is 6.32. The van der Waals surface area contributed by atoms with Crippen LogP contribution >= 0.6 is 12.2 Å². The topological polar surface area (TPSA) is 53.2 Å². The Hall–Kier alpha value is -1.62. The minimum atomic E-state index is -0.192. The highest BCUT2D eigenvalue weighted by Crippen LogP contribution is 2.15. The molecule has 0 spiro atoms. The van der Waals surface area contributed by atoms with Crippen molar-refractivity contribution in [2.75, 3.05) is 5.32 Å². The Balaban J connectivity index is 2.49. The van der Waals surface area contributed by atoms with Crippen LogP contribution in [0, 0.1) is 0 Å². The van der Waals surface area contributed by atoms with Crippen molar-refractivity contribution in [1.82, 2.24) is 10.9 Å². The maximum Gasteiger partial charge on any atom is 0.271 e. The Kier molecular flexibility index (Phi) is 1.86. The number of amides is 1. The average Bonchev–Trinajstić information content (AvgIpc) is 2.27. The standard InChI is InChI=1S/C8H7N3OS/c12-7-5-3-1-2-4-6(5)9-8(13)11-10-7/h1-4H,(H,10,12)(H2,9,11,13). The van der Waals surface area contributed by atoms with Gasteiger partial charge >= 0.3 is 0 Å². The number of hydrazine groups is 1. The predicted octanol–water partition coefficient (Wildman–Crippen LogP) is 0.631. The molecule has 0 aromatic heterocycles. The molecule has 1 aliphatic heterocycles. The molecular weight excluding hydrogens is 186 g/mol. The van der Waals surface area contributed by atoms with Crippen LogP contribution in [0.4, 0.5) is 5.69 Å². The molecule has 1 aliphatic rings. The molecule has 13 heavy (non-hydrogen) atoms. The normalized spacial score (nSPS) is 14.8. The number of nitrogens with one attached hydrogen (secondary N) is 3. The van der Waals surface area contributed by atoms with Crippen LogP contribution in [0.5, 0.6) is 0 Å². The van der Waals surface area contributed by atoms with E-state index in [0.717, 1.165) is 5.69 Å². The van der Waals surface area contributed by atoms with Crippen LogP contribution in [0.1, 0.15) is 10.4 Å². The number of fused-ring (bicyclic) bond motifs is 1. The monoisotopic (exact) mass is 193 g/mol. The fourth-order valence-electron chi connectivity index (χ4n) is 1.12. The summed E-state index contributed by atoms with van der Waals surface area (Å²) in [6.45, 7) is 0. The second-order valence-electron chi connectivity index (χ2n) is 2.58. The van der Waals surface area contributed by atoms with E-state index in [1.54, 1.807) is 18.2 Å². The van der Waals surface area contributed by atoms with Gasteiger partial charge in [-0.25, -0.2) is 0 Å². The lowest BCUT2D eigenvalue weighted by Gasteiger charge is -2.03. The van der Waals surface area contributed by atoms with E-state index in [9.17, 15) is 4.79 Å². The molecule has 2 rings (SSSR count). The first-order valence-electron chi connectivity index (χ1n) is 3.74. The number of rotatable bonds is 0. The summed E-state index contributed by atoms with van der Waals surface area (Å²) < 4.78 is 0. The highest BCUT2D eigenvalue weighted by atomic mass is 32.1. The molecule has 1 amide bonds. The number of thiocarbonyl (C=S) groups is 1. The Morgan fingerprint density at radius 3 is 2.77 bits per heavy atom. The fourth-order valence-corrected chi connectivity index (χ4v) is 1.29. The molecule has 3 N–H and O–H groups in total. The summed E-state index contributed by atoms with van der Waals surface area (Å²) in [5.74, 6) is -0.192. The minimum absolute atomic E-state index is 0.192. The summed E-state index contributed by atoms with van der Waals surface area (Å²) in [4.78, 5) is 11.4. The molecule has 0 saturated carbocycles. The molecule has 66 valence electrons. The van der Waals surface area contributed by atoms with Crippen LogP contribution in [0.25, 0.3) is 0 Å². The third-order valence-corrected chi connectivity index (χ3v) is 1.91. The van der Waals surface area contributed by atoms with Crippen LogP contribution in [-0.2, 0) is 0 Å². The Morgan fingerprint density at radius 2 is 1.92 bits per heavy atom. The first kappa shape index (κ1) is 8.00. The summed E-state index contributed by atoms with van der Waals surface area (Å²) in [5, 5.41) is 3.28. The summed E-state index contributed by atoms with van der Waals surface area (Å²) in [7, 11) is 0. The van der Waals surface area contributed by atoms with Crippen molar-refractivity contribution in [3.05, 3.63) is 29.8 Å². The van der Waals surface area contributed by atoms with E-state index >= 15 is 0 Å². The van der Waals surface area contributed by atoms with Gasteiger partial charge in [-0.05, 0) is 24.4 Å². The number of carbonyl (C=O) groups is 1. The van der Waals surface area contributed by atoms with E-state index in [2.05, 4.69) is 16.2 Å². The second kappa shape index (κ2) is 3.02. The van der Waals surface area contributed by atoms with Gasteiger partial charge in [0.05, 0.1) is 11.3 Å². The Morgan fingerprint density at radius 1 is 1.15 bits per heavy atom. The SMILES string of the molecule is O=C1NNC(=S)Nc2ccccc21. The zero-order valence-corrected chi connectivity index (χ0v) is 7.44. The van der Waals surface area contributed by atoms with Gasteiger partial charge in [-0.15, -0.1) is 0 Å². The van der Waals surface area contributed by atoms with E-state index in [4.69, 9.17) is 12.2 Å². The second-order valence-corrected chi connectivity index (χ2v) is 2.99. The molecule has 0 unspecified atom stereocenters. The Labute approximate surface area is 80.3 Å². The average molecular weight is 193 g/mol. The fraction of sp³-hybridized carbons (Fsp3) is 0. The molecule has 0 aliphatic carbocycles. The van der Waals surface area contributed by atoms with Gasteiger partial charge < -0.3 is 5.32 Å². The van der Waals surface area contributed by atoms with E-state index in [0.29, 0.717) is 10.7 Å². The number of anilines is 1. The van der Waals surface area contributed by atoms with E-state index in [1.807, 2.05) is 6.07 Å². The Bertz CT molecular complexity index is 377. The van der Waals surface area contributed by atoms with Crippen LogP contribution in [0.3, 0.4) is 0 Å². The number of carbonyl (C=O) groups excluding carboxylic acids is 1. The van der Waals surface area contributed by atoms with E-state index in [1.165, 1.54) is 0 Å². The molecule has 0 saturated heterocycles. The van der Waals surface area contributed by atoms with Crippen molar-refractivity contribution in [1.29, 1.82) is 0 Å². The molecule has 0 radical (unpaired) electrons. The first-order valence-corrected chi connectivity index (χ1v) is 4.14. The van der Waals surface area contributed by atoms with Gasteiger partial charge in [-0.2, -0.15) is 0 Å². The van der Waals surface area contributed by atoms with Crippen molar-refractivity contribution in [3.8, 4) is 0 Å². The lowest BCUT2D eigenvalue weighted by Crippen LogP contribution is -2.40. The third-order valence-electron chi connectivity index (χ3n) is 1.71. The van der Waals surface area contributed by atoms with Crippen LogP contribution in [0.15, 0.2) is 24.3 Å². The molecule has 1 aromatic carbocycles. The maximum atomic E-state index is 11.4. The van der Waals surface area contributed by atoms with E-state index in [-0.39, 0.29) is 5.91 Å². The molecule has 1 aromatic rings. The zero-order chi connectivity index (χ0) is 9.26. The molecule has 5 heteroatoms. The van der Waals surface area contributed by atoms with Crippen molar-refractivity contribution in [2.45, 2.75) is 0 Å². The minimum Gasteiger partial charge on any atom is -0.331 e. The van der Waals surface area contributed by atoms with Crippen LogP contribution < -0.4 is 16.2 Å². The van der Waals surface area contributed by atoms with Gasteiger partial charge in [-0.1, -0.05) is 12.1 Å². The highest BCUT2D eigenvalue weighted by Gasteiger charge is 2.14. The lowest BCUT2D eigenvalue weighted by molar-refractivity contribution is 0.0946.